The lowest BCUT2D eigenvalue weighted by Crippen LogP contribution is -2.21. The Morgan fingerprint density at radius 1 is 1.10 bits per heavy atom. The molecular formula is C18H27N3. The number of aromatic nitrogens is 2. The molecule has 1 aromatic carbocycles. The van der Waals surface area contributed by atoms with Gasteiger partial charge in [-0.05, 0) is 30.0 Å². The van der Waals surface area contributed by atoms with Crippen molar-refractivity contribution in [2.24, 2.45) is 0 Å². The molecular weight excluding hydrogens is 258 g/mol. The van der Waals surface area contributed by atoms with Crippen molar-refractivity contribution in [3.8, 4) is 0 Å². The van der Waals surface area contributed by atoms with Crippen LogP contribution in [0, 0.1) is 0 Å². The Bertz CT molecular complexity index is 570. The first kappa shape index (κ1) is 15.8. The van der Waals surface area contributed by atoms with E-state index >= 15 is 0 Å². The standard InChI is InChI=1S/C18H27N3/c1-5-17-11-18(6-2)21(20-17)13-16-9-7-8-15(10-16)12-19-14(3)4/h7-11,14,19H,5-6,12-13H2,1-4H3. The fourth-order valence-corrected chi connectivity index (χ4v) is 2.44. The maximum atomic E-state index is 4.70. The first-order valence-electron chi connectivity index (χ1n) is 7.99. The van der Waals surface area contributed by atoms with Gasteiger partial charge in [-0.1, -0.05) is 52.0 Å². The van der Waals surface area contributed by atoms with E-state index in [9.17, 15) is 0 Å². The minimum absolute atomic E-state index is 0.513. The van der Waals surface area contributed by atoms with Gasteiger partial charge in [0.2, 0.25) is 0 Å². The van der Waals surface area contributed by atoms with Crippen LogP contribution in [-0.2, 0) is 25.9 Å². The second-order valence-corrected chi connectivity index (χ2v) is 5.85. The van der Waals surface area contributed by atoms with Gasteiger partial charge in [0.25, 0.3) is 0 Å². The quantitative estimate of drug-likeness (QED) is 0.843. The van der Waals surface area contributed by atoms with E-state index in [1.807, 2.05) is 0 Å². The molecule has 1 aromatic heterocycles. The van der Waals surface area contributed by atoms with E-state index in [0.717, 1.165) is 25.9 Å². The summed E-state index contributed by atoms with van der Waals surface area (Å²) in [6.07, 6.45) is 2.03. The summed E-state index contributed by atoms with van der Waals surface area (Å²) in [6.45, 7) is 10.5. The van der Waals surface area contributed by atoms with Crippen LogP contribution in [0.25, 0.3) is 0 Å². The Morgan fingerprint density at radius 2 is 1.86 bits per heavy atom. The molecule has 2 aromatic rings. The van der Waals surface area contributed by atoms with Crippen LogP contribution in [0.3, 0.4) is 0 Å². The highest BCUT2D eigenvalue weighted by atomic mass is 15.3. The summed E-state index contributed by atoms with van der Waals surface area (Å²) >= 11 is 0. The van der Waals surface area contributed by atoms with E-state index in [1.54, 1.807) is 0 Å². The van der Waals surface area contributed by atoms with Crippen molar-refractivity contribution in [3.05, 3.63) is 52.8 Å². The first-order valence-corrected chi connectivity index (χ1v) is 7.99. The lowest BCUT2D eigenvalue weighted by atomic mass is 10.1. The average Bonchev–Trinajstić information content (AvgIpc) is 2.87. The number of nitrogens with zero attached hydrogens (tertiary/aromatic N) is 2. The van der Waals surface area contributed by atoms with Gasteiger partial charge in [0, 0.05) is 18.3 Å². The zero-order valence-corrected chi connectivity index (χ0v) is 13.7. The second kappa shape index (κ2) is 7.41. The van der Waals surface area contributed by atoms with E-state index < -0.39 is 0 Å². The molecule has 0 fully saturated rings. The van der Waals surface area contributed by atoms with Crippen LogP contribution in [0.15, 0.2) is 30.3 Å². The number of rotatable bonds is 7. The predicted molar refractivity (Wildman–Crippen MR) is 88.5 cm³/mol. The van der Waals surface area contributed by atoms with Crippen molar-refractivity contribution in [3.63, 3.8) is 0 Å². The van der Waals surface area contributed by atoms with E-state index in [1.165, 1.54) is 22.5 Å². The van der Waals surface area contributed by atoms with Crippen molar-refractivity contribution >= 4 is 0 Å². The zero-order chi connectivity index (χ0) is 15.2. The van der Waals surface area contributed by atoms with Gasteiger partial charge in [-0.25, -0.2) is 0 Å². The molecule has 0 radical (unpaired) electrons. The molecule has 0 aliphatic heterocycles. The SMILES string of the molecule is CCc1cc(CC)n(Cc2cccc(CNC(C)C)c2)n1. The van der Waals surface area contributed by atoms with E-state index in [0.29, 0.717) is 6.04 Å². The van der Waals surface area contributed by atoms with Crippen molar-refractivity contribution in [1.82, 2.24) is 15.1 Å². The van der Waals surface area contributed by atoms with Crippen LogP contribution in [0.4, 0.5) is 0 Å². The van der Waals surface area contributed by atoms with Crippen LogP contribution in [0.5, 0.6) is 0 Å². The fraction of sp³-hybridized carbons (Fsp3) is 0.500. The Balaban J connectivity index is 2.12. The maximum Gasteiger partial charge on any atom is 0.0662 e. The largest absolute Gasteiger partial charge is 0.310 e. The van der Waals surface area contributed by atoms with Crippen molar-refractivity contribution in [2.45, 2.75) is 59.7 Å². The van der Waals surface area contributed by atoms with Crippen LogP contribution in [0.2, 0.25) is 0 Å². The van der Waals surface area contributed by atoms with Crippen LogP contribution in [0.1, 0.15) is 50.2 Å². The monoisotopic (exact) mass is 285 g/mol. The molecule has 0 saturated heterocycles. The van der Waals surface area contributed by atoms with Gasteiger partial charge in [-0.2, -0.15) is 5.10 Å². The molecule has 0 spiro atoms. The smallest absolute Gasteiger partial charge is 0.0662 e. The van der Waals surface area contributed by atoms with E-state index in [-0.39, 0.29) is 0 Å². The summed E-state index contributed by atoms with van der Waals surface area (Å²) in [5.41, 5.74) is 5.16. The molecule has 2 rings (SSSR count). The van der Waals surface area contributed by atoms with Crippen LogP contribution < -0.4 is 5.32 Å². The Kier molecular flexibility index (Phi) is 5.57. The lowest BCUT2D eigenvalue weighted by Gasteiger charge is -2.10. The summed E-state index contributed by atoms with van der Waals surface area (Å²) in [7, 11) is 0. The third-order valence-corrected chi connectivity index (χ3v) is 3.68. The van der Waals surface area contributed by atoms with Gasteiger partial charge in [0.05, 0.1) is 12.2 Å². The van der Waals surface area contributed by atoms with Gasteiger partial charge < -0.3 is 5.32 Å². The predicted octanol–water partition coefficient (Wildman–Crippen LogP) is 3.55. The fourth-order valence-electron chi connectivity index (χ4n) is 2.44. The average molecular weight is 285 g/mol. The summed E-state index contributed by atoms with van der Waals surface area (Å²) in [4.78, 5) is 0. The van der Waals surface area contributed by atoms with Crippen LogP contribution >= 0.6 is 0 Å². The normalized spacial score (nSPS) is 11.3. The molecule has 21 heavy (non-hydrogen) atoms. The number of hydrogen-bond donors (Lipinski definition) is 1. The van der Waals surface area contributed by atoms with Gasteiger partial charge >= 0.3 is 0 Å². The van der Waals surface area contributed by atoms with Gasteiger partial charge in [-0.15, -0.1) is 0 Å². The molecule has 0 saturated carbocycles. The highest BCUT2D eigenvalue weighted by molar-refractivity contribution is 5.24. The van der Waals surface area contributed by atoms with Crippen molar-refractivity contribution < 1.29 is 0 Å². The Morgan fingerprint density at radius 3 is 2.52 bits per heavy atom. The molecule has 1 heterocycles. The summed E-state index contributed by atoms with van der Waals surface area (Å²) in [5.74, 6) is 0. The molecule has 3 nitrogen and oxygen atoms in total. The minimum Gasteiger partial charge on any atom is -0.310 e. The highest BCUT2D eigenvalue weighted by Crippen LogP contribution is 2.12. The third-order valence-electron chi connectivity index (χ3n) is 3.68. The highest BCUT2D eigenvalue weighted by Gasteiger charge is 2.06. The maximum absolute atomic E-state index is 4.70. The molecule has 0 aliphatic rings. The summed E-state index contributed by atoms with van der Waals surface area (Å²) in [6, 6.07) is 11.5. The van der Waals surface area contributed by atoms with Gasteiger partial charge in [-0.3, -0.25) is 4.68 Å². The van der Waals surface area contributed by atoms with E-state index in [2.05, 4.69) is 68.0 Å². The summed E-state index contributed by atoms with van der Waals surface area (Å²) in [5, 5.41) is 8.17. The zero-order valence-electron chi connectivity index (χ0n) is 13.7. The Hall–Kier alpha value is -1.61. The van der Waals surface area contributed by atoms with Gasteiger partial charge in [0.1, 0.15) is 0 Å². The molecule has 0 aliphatic carbocycles. The molecule has 1 N–H and O–H groups in total. The minimum atomic E-state index is 0.513. The van der Waals surface area contributed by atoms with E-state index in [4.69, 9.17) is 5.10 Å². The van der Waals surface area contributed by atoms with Crippen molar-refractivity contribution in [1.29, 1.82) is 0 Å². The molecule has 3 heteroatoms. The molecule has 0 amide bonds. The third kappa shape index (κ3) is 4.43. The Labute approximate surface area is 128 Å². The van der Waals surface area contributed by atoms with Crippen molar-refractivity contribution in [2.75, 3.05) is 0 Å². The number of nitrogens with one attached hydrogen (secondary N) is 1. The number of benzene rings is 1. The topological polar surface area (TPSA) is 29.9 Å². The first-order chi connectivity index (χ1) is 10.1. The molecule has 114 valence electrons. The van der Waals surface area contributed by atoms with Crippen LogP contribution in [-0.4, -0.2) is 15.8 Å². The van der Waals surface area contributed by atoms with Gasteiger partial charge in [0.15, 0.2) is 0 Å². The molecule has 0 atom stereocenters. The summed E-state index contributed by atoms with van der Waals surface area (Å²) < 4.78 is 2.15. The second-order valence-electron chi connectivity index (χ2n) is 5.85. The lowest BCUT2D eigenvalue weighted by molar-refractivity contribution is 0.587. The number of hydrogen-bond acceptors (Lipinski definition) is 2. The molecule has 0 bridgehead atoms. The number of aryl methyl sites for hydroxylation is 2. The molecule has 0 unspecified atom stereocenters.